The molecule has 94 valence electrons. The minimum absolute atomic E-state index is 0.110. The van der Waals surface area contributed by atoms with Crippen molar-refractivity contribution in [3.63, 3.8) is 0 Å². The Bertz CT molecular complexity index is 559. The molecule has 0 unspecified atom stereocenters. The van der Waals surface area contributed by atoms with Crippen molar-refractivity contribution >= 4 is 5.97 Å². The monoisotopic (exact) mass is 244 g/mol. The first-order chi connectivity index (χ1) is 8.59. The van der Waals surface area contributed by atoms with Crippen LogP contribution in [0, 0.1) is 6.92 Å². The molecule has 0 bridgehead atoms. The summed E-state index contributed by atoms with van der Waals surface area (Å²) in [4.78, 5) is 15.1. The lowest BCUT2D eigenvalue weighted by molar-refractivity contribution is -0.137. The number of nitrogens with zero attached hydrogens (tertiary/aromatic N) is 2. The molecule has 1 heterocycles. The second-order valence-electron chi connectivity index (χ2n) is 4.28. The standard InChI is InChI=1S/C14H16N2O2/c1-10-14(11-6-4-3-5-7-11)16(2)12(15-10)8-9-13(17)18/h3-7H,8-9H2,1-2H3,(H,17,18). The molecule has 0 aliphatic rings. The van der Waals surface area contributed by atoms with Crippen LogP contribution >= 0.6 is 0 Å². The Morgan fingerprint density at radius 3 is 2.61 bits per heavy atom. The molecule has 1 N–H and O–H groups in total. The molecule has 0 saturated heterocycles. The summed E-state index contributed by atoms with van der Waals surface area (Å²) in [5, 5.41) is 8.72. The highest BCUT2D eigenvalue weighted by molar-refractivity contribution is 5.67. The molecule has 2 aromatic rings. The Hall–Kier alpha value is -2.10. The van der Waals surface area contributed by atoms with E-state index in [-0.39, 0.29) is 6.42 Å². The molecule has 18 heavy (non-hydrogen) atoms. The molecule has 1 aromatic carbocycles. The zero-order chi connectivity index (χ0) is 13.1. The fourth-order valence-electron chi connectivity index (χ4n) is 2.13. The normalized spacial score (nSPS) is 10.6. The van der Waals surface area contributed by atoms with Crippen molar-refractivity contribution < 1.29 is 9.90 Å². The van der Waals surface area contributed by atoms with Crippen LogP contribution in [0.15, 0.2) is 30.3 Å². The molecular weight excluding hydrogens is 228 g/mol. The van der Waals surface area contributed by atoms with Gasteiger partial charge in [-0.25, -0.2) is 4.98 Å². The topological polar surface area (TPSA) is 55.1 Å². The highest BCUT2D eigenvalue weighted by Gasteiger charge is 2.13. The first-order valence-electron chi connectivity index (χ1n) is 5.89. The highest BCUT2D eigenvalue weighted by Crippen LogP contribution is 2.23. The van der Waals surface area contributed by atoms with Gasteiger partial charge in [-0.05, 0) is 6.92 Å². The van der Waals surface area contributed by atoms with Crippen molar-refractivity contribution in [2.45, 2.75) is 19.8 Å². The van der Waals surface area contributed by atoms with Gasteiger partial charge in [0.2, 0.25) is 0 Å². The van der Waals surface area contributed by atoms with E-state index in [9.17, 15) is 4.79 Å². The van der Waals surface area contributed by atoms with E-state index in [2.05, 4.69) is 4.98 Å². The van der Waals surface area contributed by atoms with Crippen LogP contribution in [0.3, 0.4) is 0 Å². The first kappa shape index (κ1) is 12.4. The predicted octanol–water partition coefficient (Wildman–Crippen LogP) is 2.41. The molecule has 0 aliphatic heterocycles. The number of benzene rings is 1. The number of hydrogen-bond acceptors (Lipinski definition) is 2. The number of carbonyl (C=O) groups is 1. The van der Waals surface area contributed by atoms with Gasteiger partial charge in [-0.1, -0.05) is 30.3 Å². The number of carboxylic acid groups (broad SMARTS) is 1. The van der Waals surface area contributed by atoms with Gasteiger partial charge in [-0.15, -0.1) is 0 Å². The fraction of sp³-hybridized carbons (Fsp3) is 0.286. The van der Waals surface area contributed by atoms with E-state index < -0.39 is 5.97 Å². The van der Waals surface area contributed by atoms with E-state index in [0.29, 0.717) is 6.42 Å². The van der Waals surface area contributed by atoms with Crippen LogP contribution in [0.25, 0.3) is 11.3 Å². The van der Waals surface area contributed by atoms with Crippen LogP contribution < -0.4 is 0 Å². The minimum Gasteiger partial charge on any atom is -0.481 e. The summed E-state index contributed by atoms with van der Waals surface area (Å²) in [7, 11) is 1.93. The number of aromatic nitrogens is 2. The van der Waals surface area contributed by atoms with Crippen molar-refractivity contribution in [1.82, 2.24) is 9.55 Å². The molecule has 1 aromatic heterocycles. The van der Waals surface area contributed by atoms with Gasteiger partial charge in [0.15, 0.2) is 0 Å². The van der Waals surface area contributed by atoms with Crippen molar-refractivity contribution in [2.24, 2.45) is 7.05 Å². The molecule has 0 fully saturated rings. The van der Waals surface area contributed by atoms with Crippen molar-refractivity contribution in [2.75, 3.05) is 0 Å². The second kappa shape index (κ2) is 5.04. The lowest BCUT2D eigenvalue weighted by Crippen LogP contribution is -2.04. The second-order valence-corrected chi connectivity index (χ2v) is 4.28. The molecule has 0 aliphatic carbocycles. The molecule has 0 radical (unpaired) electrons. The maximum atomic E-state index is 10.6. The summed E-state index contributed by atoms with van der Waals surface area (Å²) in [5.41, 5.74) is 3.09. The largest absolute Gasteiger partial charge is 0.481 e. The van der Waals surface area contributed by atoms with Gasteiger partial charge in [-0.2, -0.15) is 0 Å². The third-order valence-corrected chi connectivity index (χ3v) is 2.97. The summed E-state index contributed by atoms with van der Waals surface area (Å²) in [6.07, 6.45) is 0.567. The van der Waals surface area contributed by atoms with E-state index in [1.54, 1.807) is 0 Å². The third kappa shape index (κ3) is 2.42. The van der Waals surface area contributed by atoms with Crippen molar-refractivity contribution in [3.8, 4) is 11.3 Å². The summed E-state index contributed by atoms with van der Waals surface area (Å²) in [6, 6.07) is 10.0. The number of carboxylic acids is 1. The molecular formula is C14H16N2O2. The van der Waals surface area contributed by atoms with Gasteiger partial charge in [0, 0.05) is 19.0 Å². The average Bonchev–Trinajstić information content (AvgIpc) is 2.63. The first-order valence-corrected chi connectivity index (χ1v) is 5.89. The molecule has 0 amide bonds. The number of imidazole rings is 1. The minimum atomic E-state index is -0.795. The van der Waals surface area contributed by atoms with E-state index >= 15 is 0 Å². The zero-order valence-electron chi connectivity index (χ0n) is 10.6. The van der Waals surface area contributed by atoms with Crippen LogP contribution in [0.4, 0.5) is 0 Å². The van der Waals surface area contributed by atoms with Gasteiger partial charge in [0.1, 0.15) is 5.82 Å². The zero-order valence-corrected chi connectivity index (χ0v) is 10.6. The lowest BCUT2D eigenvalue weighted by Gasteiger charge is -2.06. The number of aryl methyl sites for hydroxylation is 2. The van der Waals surface area contributed by atoms with Crippen LogP contribution in [0.5, 0.6) is 0 Å². The Labute approximate surface area is 106 Å². The van der Waals surface area contributed by atoms with Crippen LogP contribution in [-0.4, -0.2) is 20.6 Å². The third-order valence-electron chi connectivity index (χ3n) is 2.97. The lowest BCUT2D eigenvalue weighted by atomic mass is 10.1. The van der Waals surface area contributed by atoms with Gasteiger partial charge < -0.3 is 9.67 Å². The van der Waals surface area contributed by atoms with Gasteiger partial charge >= 0.3 is 5.97 Å². The number of aliphatic carboxylic acids is 1. The Balaban J connectivity index is 2.35. The SMILES string of the molecule is Cc1nc(CCC(=O)O)n(C)c1-c1ccccc1. The molecule has 0 atom stereocenters. The number of rotatable bonds is 4. The summed E-state index contributed by atoms with van der Waals surface area (Å²) < 4.78 is 1.98. The molecule has 0 spiro atoms. The Kier molecular flexibility index (Phi) is 3.46. The maximum absolute atomic E-state index is 10.6. The van der Waals surface area contributed by atoms with Crippen LogP contribution in [0.1, 0.15) is 17.9 Å². The van der Waals surface area contributed by atoms with E-state index in [0.717, 1.165) is 22.8 Å². The van der Waals surface area contributed by atoms with E-state index in [1.165, 1.54) is 0 Å². The average molecular weight is 244 g/mol. The molecule has 2 rings (SSSR count). The van der Waals surface area contributed by atoms with Gasteiger partial charge in [-0.3, -0.25) is 4.79 Å². The van der Waals surface area contributed by atoms with Crippen molar-refractivity contribution in [1.29, 1.82) is 0 Å². The van der Waals surface area contributed by atoms with Gasteiger partial charge in [0.25, 0.3) is 0 Å². The summed E-state index contributed by atoms with van der Waals surface area (Å²) in [5.74, 6) is 0.0191. The quantitative estimate of drug-likeness (QED) is 0.898. The predicted molar refractivity (Wildman–Crippen MR) is 69.3 cm³/mol. The van der Waals surface area contributed by atoms with E-state index in [1.807, 2.05) is 48.9 Å². The summed E-state index contributed by atoms with van der Waals surface area (Å²) >= 11 is 0. The van der Waals surface area contributed by atoms with Gasteiger partial charge in [0.05, 0.1) is 17.8 Å². The molecule has 0 saturated carbocycles. The molecule has 4 heteroatoms. The maximum Gasteiger partial charge on any atom is 0.303 e. The number of hydrogen-bond donors (Lipinski definition) is 1. The smallest absolute Gasteiger partial charge is 0.303 e. The highest BCUT2D eigenvalue weighted by atomic mass is 16.4. The van der Waals surface area contributed by atoms with Crippen LogP contribution in [0.2, 0.25) is 0 Å². The fourth-order valence-corrected chi connectivity index (χ4v) is 2.13. The molecule has 4 nitrogen and oxygen atoms in total. The van der Waals surface area contributed by atoms with Crippen molar-refractivity contribution in [3.05, 3.63) is 41.9 Å². The van der Waals surface area contributed by atoms with E-state index in [4.69, 9.17) is 5.11 Å². The Morgan fingerprint density at radius 1 is 1.33 bits per heavy atom. The van der Waals surface area contributed by atoms with Crippen LogP contribution in [-0.2, 0) is 18.3 Å². The summed E-state index contributed by atoms with van der Waals surface area (Å²) in [6.45, 7) is 1.95. The Morgan fingerprint density at radius 2 is 2.00 bits per heavy atom.